The molecule has 5 rings (SSSR count). The van der Waals surface area contributed by atoms with Gasteiger partial charge >= 0.3 is 0 Å². The Morgan fingerprint density at radius 2 is 1.82 bits per heavy atom. The zero-order valence-electron chi connectivity index (χ0n) is 20.9. The van der Waals surface area contributed by atoms with E-state index in [1.54, 1.807) is 30.0 Å². The summed E-state index contributed by atoms with van der Waals surface area (Å²) in [6.07, 6.45) is 1.51. The van der Waals surface area contributed by atoms with Crippen LogP contribution >= 0.6 is 11.8 Å². The number of pyridine rings is 1. The molecule has 2 aromatic heterocycles. The zero-order chi connectivity index (χ0) is 26.5. The van der Waals surface area contributed by atoms with E-state index in [2.05, 4.69) is 35.2 Å². The van der Waals surface area contributed by atoms with Crippen molar-refractivity contribution in [1.29, 1.82) is 5.26 Å². The van der Waals surface area contributed by atoms with Crippen molar-refractivity contribution >= 4 is 34.3 Å². The van der Waals surface area contributed by atoms with E-state index >= 15 is 0 Å². The van der Waals surface area contributed by atoms with E-state index in [1.165, 1.54) is 6.33 Å². The van der Waals surface area contributed by atoms with Gasteiger partial charge in [0.05, 0.1) is 22.7 Å². The Hall–Kier alpha value is -4.61. The highest BCUT2D eigenvalue weighted by Crippen LogP contribution is 2.38. The van der Waals surface area contributed by atoms with Gasteiger partial charge in [-0.1, -0.05) is 43.8 Å². The molecule has 0 bridgehead atoms. The minimum atomic E-state index is 0.217. The number of ether oxygens (including phenoxy) is 1. The van der Waals surface area contributed by atoms with Crippen molar-refractivity contribution in [3.63, 3.8) is 0 Å². The third kappa shape index (κ3) is 5.69. The lowest BCUT2D eigenvalue weighted by Gasteiger charge is -2.15. The van der Waals surface area contributed by atoms with Crippen molar-refractivity contribution in [3.8, 4) is 17.6 Å². The number of nitrogens with one attached hydrogen (secondary N) is 1. The van der Waals surface area contributed by atoms with Crippen molar-refractivity contribution in [2.75, 3.05) is 5.32 Å². The SMILES string of the molecule is CC(C)c1ccc2c(Nc3cc(OCc4ccccc4C#N)ccc3Sc3ccc(O)cc3)ncnc2n1. The molecule has 0 unspecified atom stereocenters. The number of hydrogen-bond donors (Lipinski definition) is 2. The molecular weight excluding hydrogens is 494 g/mol. The first-order chi connectivity index (χ1) is 18.5. The number of nitrogens with zero attached hydrogens (tertiary/aromatic N) is 4. The van der Waals surface area contributed by atoms with Crippen LogP contribution in [0.15, 0.2) is 95.0 Å². The Bertz CT molecular complexity index is 1630. The Balaban J connectivity index is 1.49. The first kappa shape index (κ1) is 25.1. The molecule has 0 aliphatic heterocycles. The molecule has 38 heavy (non-hydrogen) atoms. The van der Waals surface area contributed by atoms with Gasteiger partial charge in [-0.3, -0.25) is 0 Å². The van der Waals surface area contributed by atoms with Gasteiger partial charge in [0.2, 0.25) is 0 Å². The fourth-order valence-corrected chi connectivity index (χ4v) is 4.73. The van der Waals surface area contributed by atoms with E-state index in [1.807, 2.05) is 60.7 Å². The van der Waals surface area contributed by atoms with Gasteiger partial charge in [0.1, 0.15) is 30.3 Å². The summed E-state index contributed by atoms with van der Waals surface area (Å²) in [5.74, 6) is 1.79. The molecule has 3 aromatic carbocycles. The maximum atomic E-state index is 9.67. The van der Waals surface area contributed by atoms with Crippen LogP contribution in [0.3, 0.4) is 0 Å². The number of aromatic hydroxyl groups is 1. The lowest BCUT2D eigenvalue weighted by atomic mass is 10.1. The van der Waals surface area contributed by atoms with E-state index in [4.69, 9.17) is 9.72 Å². The van der Waals surface area contributed by atoms with Crippen LogP contribution < -0.4 is 10.1 Å². The van der Waals surface area contributed by atoms with E-state index < -0.39 is 0 Å². The minimum absolute atomic E-state index is 0.217. The second-order valence-electron chi connectivity index (χ2n) is 8.92. The maximum Gasteiger partial charge on any atom is 0.164 e. The smallest absolute Gasteiger partial charge is 0.164 e. The molecule has 0 saturated carbocycles. The van der Waals surface area contributed by atoms with Crippen LogP contribution in [-0.4, -0.2) is 20.1 Å². The quantitative estimate of drug-likeness (QED) is 0.222. The van der Waals surface area contributed by atoms with E-state index in [9.17, 15) is 10.4 Å². The van der Waals surface area contributed by atoms with Crippen molar-refractivity contribution in [1.82, 2.24) is 15.0 Å². The molecule has 0 aliphatic carbocycles. The highest BCUT2D eigenvalue weighted by molar-refractivity contribution is 7.99. The monoisotopic (exact) mass is 519 g/mol. The molecule has 5 aromatic rings. The number of nitriles is 1. The second-order valence-corrected chi connectivity index (χ2v) is 10.0. The standard InChI is InChI=1S/C30H25N5O2S/c1-19(2)26-13-12-25-29(34-26)32-18-33-30(25)35-27-15-23(37-17-21-6-4-3-5-20(21)16-31)9-14-28(27)38-24-10-7-22(36)8-11-24/h3-15,18-19,36H,17H2,1-2H3,(H,32,33,34,35). The van der Waals surface area contributed by atoms with Crippen molar-refractivity contribution in [2.24, 2.45) is 0 Å². The number of anilines is 2. The van der Waals surface area contributed by atoms with Crippen LogP contribution in [0, 0.1) is 11.3 Å². The predicted octanol–water partition coefficient (Wildman–Crippen LogP) is 7.20. The van der Waals surface area contributed by atoms with Crippen molar-refractivity contribution < 1.29 is 9.84 Å². The van der Waals surface area contributed by atoms with Gasteiger partial charge in [-0.15, -0.1) is 0 Å². The van der Waals surface area contributed by atoms with E-state index in [0.29, 0.717) is 28.7 Å². The second kappa shape index (κ2) is 11.2. The summed E-state index contributed by atoms with van der Waals surface area (Å²) in [5, 5.41) is 23.4. The van der Waals surface area contributed by atoms with E-state index in [-0.39, 0.29) is 12.4 Å². The van der Waals surface area contributed by atoms with Crippen LogP contribution in [0.25, 0.3) is 11.0 Å². The topological polar surface area (TPSA) is 104 Å². The predicted molar refractivity (Wildman–Crippen MR) is 149 cm³/mol. The largest absolute Gasteiger partial charge is 0.508 e. The first-order valence-electron chi connectivity index (χ1n) is 12.1. The number of rotatable bonds is 8. The Morgan fingerprint density at radius 3 is 2.61 bits per heavy atom. The molecule has 0 aliphatic rings. The summed E-state index contributed by atoms with van der Waals surface area (Å²) < 4.78 is 6.08. The number of aromatic nitrogens is 3. The molecular formula is C30H25N5O2S. The number of hydrogen-bond acceptors (Lipinski definition) is 8. The molecule has 0 fully saturated rings. The normalized spacial score (nSPS) is 10.9. The summed E-state index contributed by atoms with van der Waals surface area (Å²) in [6, 6.07) is 26.4. The molecule has 2 heterocycles. The Labute approximate surface area is 225 Å². The molecule has 0 amide bonds. The number of phenols is 1. The molecule has 0 radical (unpaired) electrons. The maximum absolute atomic E-state index is 9.67. The van der Waals surface area contributed by atoms with Crippen LogP contribution in [0.5, 0.6) is 11.5 Å². The van der Waals surface area contributed by atoms with Gasteiger partial charge in [-0.25, -0.2) is 15.0 Å². The first-order valence-corrected chi connectivity index (χ1v) is 12.9. The molecule has 188 valence electrons. The van der Waals surface area contributed by atoms with Gasteiger partial charge in [0.25, 0.3) is 0 Å². The number of benzene rings is 3. The summed E-state index contributed by atoms with van der Waals surface area (Å²) in [6.45, 7) is 4.47. The number of fused-ring (bicyclic) bond motifs is 1. The van der Waals surface area contributed by atoms with Crippen LogP contribution in [0.1, 0.15) is 36.6 Å². The third-order valence-electron chi connectivity index (χ3n) is 5.91. The van der Waals surface area contributed by atoms with Crippen LogP contribution in [-0.2, 0) is 6.61 Å². The van der Waals surface area contributed by atoms with Crippen LogP contribution in [0.4, 0.5) is 11.5 Å². The fourth-order valence-electron chi connectivity index (χ4n) is 3.85. The average molecular weight is 520 g/mol. The molecule has 0 spiro atoms. The Kier molecular flexibility index (Phi) is 7.38. The Morgan fingerprint density at radius 1 is 1.00 bits per heavy atom. The summed E-state index contributed by atoms with van der Waals surface area (Å²) >= 11 is 1.55. The molecule has 0 saturated heterocycles. The highest BCUT2D eigenvalue weighted by atomic mass is 32.2. The highest BCUT2D eigenvalue weighted by Gasteiger charge is 2.13. The van der Waals surface area contributed by atoms with E-state index in [0.717, 1.165) is 32.1 Å². The molecule has 2 N–H and O–H groups in total. The van der Waals surface area contributed by atoms with Gasteiger partial charge in [0.15, 0.2) is 5.65 Å². The number of phenolic OH excluding ortho intramolecular Hbond substituents is 1. The average Bonchev–Trinajstić information content (AvgIpc) is 2.94. The fraction of sp³-hybridized carbons (Fsp3) is 0.133. The summed E-state index contributed by atoms with van der Waals surface area (Å²) in [5.41, 5.74) is 3.80. The van der Waals surface area contributed by atoms with Gasteiger partial charge in [-0.2, -0.15) is 5.26 Å². The summed E-state index contributed by atoms with van der Waals surface area (Å²) in [7, 11) is 0. The van der Waals surface area contributed by atoms with Crippen LogP contribution in [0.2, 0.25) is 0 Å². The third-order valence-corrected chi connectivity index (χ3v) is 6.99. The molecule has 7 nitrogen and oxygen atoms in total. The molecule has 0 atom stereocenters. The summed E-state index contributed by atoms with van der Waals surface area (Å²) in [4.78, 5) is 15.5. The lowest BCUT2D eigenvalue weighted by molar-refractivity contribution is 0.306. The minimum Gasteiger partial charge on any atom is -0.508 e. The van der Waals surface area contributed by atoms with Gasteiger partial charge in [0, 0.05) is 27.1 Å². The van der Waals surface area contributed by atoms with Gasteiger partial charge < -0.3 is 15.2 Å². The van der Waals surface area contributed by atoms with Gasteiger partial charge in [-0.05, 0) is 60.5 Å². The van der Waals surface area contributed by atoms with Crippen molar-refractivity contribution in [3.05, 3.63) is 102 Å². The molecule has 8 heteroatoms. The van der Waals surface area contributed by atoms with Crippen molar-refractivity contribution in [2.45, 2.75) is 36.2 Å². The lowest BCUT2D eigenvalue weighted by Crippen LogP contribution is -2.02. The zero-order valence-corrected chi connectivity index (χ0v) is 21.7.